The number of ether oxygens (including phenoxy) is 3. The number of fused-ring (bicyclic) bond motifs is 1. The van der Waals surface area contributed by atoms with Gasteiger partial charge in [-0.25, -0.2) is 9.59 Å². The van der Waals surface area contributed by atoms with Crippen LogP contribution in [0.25, 0.3) is 0 Å². The summed E-state index contributed by atoms with van der Waals surface area (Å²) in [6.07, 6.45) is 3.76. The fourth-order valence-electron chi connectivity index (χ4n) is 9.09. The van der Waals surface area contributed by atoms with Gasteiger partial charge in [-0.15, -0.1) is 0 Å². The van der Waals surface area contributed by atoms with Gasteiger partial charge in [0.15, 0.2) is 0 Å². The molecule has 0 N–H and O–H groups in total. The number of methoxy groups -OCH3 is 1. The average Bonchev–Trinajstić information content (AvgIpc) is 3.27. The van der Waals surface area contributed by atoms with Gasteiger partial charge >= 0.3 is 12.2 Å². The highest BCUT2D eigenvalue weighted by Gasteiger charge is 2.77. The van der Waals surface area contributed by atoms with Gasteiger partial charge < -0.3 is 24.0 Å². The standard InChI is InChI=1S/C28H35Cl3N2O5/c1-25(2,3)38-24(35)32-10-9-27-19-12-18(36-4)6-5-16(19)11-21(32)26(27)8-7-20-22(27)17(13-26)14-33(20)23(34)37-15-28(29,30)31/h5-6,12,17,20-22H,7-11,13-15H2,1-4H3/t17-,20?,21?,22?,26?,27?/m1/s1. The zero-order valence-electron chi connectivity index (χ0n) is 22.3. The van der Waals surface area contributed by atoms with E-state index in [1.807, 2.05) is 36.6 Å². The minimum absolute atomic E-state index is 0.0457. The topological polar surface area (TPSA) is 68.3 Å². The predicted octanol–water partition coefficient (Wildman–Crippen LogP) is 6.11. The fraction of sp³-hybridized carbons (Fsp3) is 0.714. The number of benzene rings is 1. The van der Waals surface area contributed by atoms with Crippen LogP contribution in [-0.2, 0) is 21.3 Å². The summed E-state index contributed by atoms with van der Waals surface area (Å²) in [5, 5.41) is 0. The Hall–Kier alpha value is -1.57. The summed E-state index contributed by atoms with van der Waals surface area (Å²) in [6, 6.07) is 6.50. The Morgan fingerprint density at radius 1 is 1.11 bits per heavy atom. The molecule has 0 aromatic heterocycles. The van der Waals surface area contributed by atoms with Crippen LogP contribution in [0.4, 0.5) is 9.59 Å². The van der Waals surface area contributed by atoms with E-state index >= 15 is 0 Å². The third-order valence-corrected chi connectivity index (χ3v) is 10.2. The molecule has 10 heteroatoms. The molecule has 5 unspecified atom stereocenters. The first kappa shape index (κ1) is 26.6. The molecule has 2 aliphatic heterocycles. The van der Waals surface area contributed by atoms with Crippen LogP contribution in [0.5, 0.6) is 5.75 Å². The Morgan fingerprint density at radius 2 is 1.87 bits per heavy atom. The number of alkyl halides is 3. The van der Waals surface area contributed by atoms with Crippen LogP contribution in [0, 0.1) is 17.3 Å². The maximum Gasteiger partial charge on any atom is 0.410 e. The normalized spacial score (nSPS) is 34.9. The van der Waals surface area contributed by atoms with E-state index in [-0.39, 0.29) is 41.5 Å². The Bertz CT molecular complexity index is 1170. The number of halogens is 3. The van der Waals surface area contributed by atoms with Crippen molar-refractivity contribution in [2.24, 2.45) is 17.3 Å². The number of amides is 2. The number of carbonyl (C=O) groups is 2. The highest BCUT2D eigenvalue weighted by Crippen LogP contribution is 2.75. The molecule has 1 aromatic rings. The molecule has 5 aliphatic rings. The summed E-state index contributed by atoms with van der Waals surface area (Å²) in [6.45, 7) is 6.73. The van der Waals surface area contributed by atoms with Crippen LogP contribution in [0.2, 0.25) is 0 Å². The SMILES string of the molecule is COc1ccc2c(c1)C13CCN(C(=O)OC(C)(C)C)C(C2)C12CCC1C3[C@@H](CN1C(=O)OCC(Cl)(Cl)Cl)C2. The van der Waals surface area contributed by atoms with Gasteiger partial charge in [0, 0.05) is 36.0 Å². The van der Waals surface area contributed by atoms with Crippen molar-refractivity contribution in [3.05, 3.63) is 29.3 Å². The minimum Gasteiger partial charge on any atom is -0.497 e. The second kappa shape index (κ2) is 8.71. The first-order chi connectivity index (χ1) is 17.8. The van der Waals surface area contributed by atoms with E-state index in [0.717, 1.165) is 37.9 Å². The summed E-state index contributed by atoms with van der Waals surface area (Å²) in [5.74, 6) is 1.42. The maximum absolute atomic E-state index is 13.5. The van der Waals surface area contributed by atoms with E-state index in [1.54, 1.807) is 7.11 Å². The first-order valence-corrected chi connectivity index (χ1v) is 14.6. The smallest absolute Gasteiger partial charge is 0.410 e. The summed E-state index contributed by atoms with van der Waals surface area (Å²) in [7, 11) is 1.70. The van der Waals surface area contributed by atoms with Crippen molar-refractivity contribution in [1.82, 2.24) is 9.80 Å². The molecule has 38 heavy (non-hydrogen) atoms. The molecule has 3 aliphatic carbocycles. The van der Waals surface area contributed by atoms with Crippen LogP contribution in [0.3, 0.4) is 0 Å². The lowest BCUT2D eigenvalue weighted by molar-refractivity contribution is -0.101. The molecule has 4 fully saturated rings. The number of likely N-dealkylation sites (tertiary alicyclic amines) is 2. The number of carbonyl (C=O) groups excluding carboxylic acids is 2. The van der Waals surface area contributed by atoms with Crippen molar-refractivity contribution in [2.45, 2.75) is 79.8 Å². The number of rotatable bonds is 2. The molecule has 2 heterocycles. The van der Waals surface area contributed by atoms with Crippen molar-refractivity contribution in [2.75, 3.05) is 26.8 Å². The maximum atomic E-state index is 13.5. The molecule has 1 aromatic carbocycles. The number of hydrogen-bond acceptors (Lipinski definition) is 5. The van der Waals surface area contributed by atoms with Gasteiger partial charge in [0.2, 0.25) is 3.79 Å². The Balaban J connectivity index is 1.41. The van der Waals surface area contributed by atoms with Crippen molar-refractivity contribution in [1.29, 1.82) is 0 Å². The molecular weight excluding hydrogens is 551 g/mol. The van der Waals surface area contributed by atoms with Crippen LogP contribution in [0.15, 0.2) is 18.2 Å². The molecule has 2 amide bonds. The lowest BCUT2D eigenvalue weighted by atomic mass is 9.43. The lowest BCUT2D eigenvalue weighted by Gasteiger charge is -2.66. The van der Waals surface area contributed by atoms with Crippen LogP contribution in [-0.4, -0.2) is 70.3 Å². The van der Waals surface area contributed by atoms with E-state index < -0.39 is 15.5 Å². The van der Waals surface area contributed by atoms with Crippen LogP contribution in [0.1, 0.15) is 57.6 Å². The third kappa shape index (κ3) is 3.81. The summed E-state index contributed by atoms with van der Waals surface area (Å²) in [4.78, 5) is 30.6. The predicted molar refractivity (Wildman–Crippen MR) is 145 cm³/mol. The zero-order valence-corrected chi connectivity index (χ0v) is 24.5. The largest absolute Gasteiger partial charge is 0.497 e. The summed E-state index contributed by atoms with van der Waals surface area (Å²) >= 11 is 17.6. The molecule has 0 radical (unpaired) electrons. The fourth-order valence-corrected chi connectivity index (χ4v) is 9.26. The van der Waals surface area contributed by atoms with Gasteiger partial charge in [-0.2, -0.15) is 0 Å². The second-order valence-corrected chi connectivity index (χ2v) is 15.2. The molecule has 208 valence electrons. The average molecular weight is 586 g/mol. The first-order valence-electron chi connectivity index (χ1n) is 13.5. The van der Waals surface area contributed by atoms with E-state index in [9.17, 15) is 9.59 Å². The Labute approximate surface area is 239 Å². The van der Waals surface area contributed by atoms with Gasteiger partial charge in [-0.3, -0.25) is 0 Å². The van der Waals surface area contributed by atoms with E-state index in [2.05, 4.69) is 12.1 Å². The number of hydrogen-bond donors (Lipinski definition) is 0. The minimum atomic E-state index is -1.65. The molecule has 0 spiro atoms. The summed E-state index contributed by atoms with van der Waals surface area (Å²) in [5.41, 5.74) is 1.82. The number of nitrogens with zero attached hydrogens (tertiary/aromatic N) is 2. The molecule has 6 atom stereocenters. The van der Waals surface area contributed by atoms with E-state index in [0.29, 0.717) is 19.0 Å². The van der Waals surface area contributed by atoms with E-state index in [1.165, 1.54) is 11.1 Å². The molecule has 4 bridgehead atoms. The van der Waals surface area contributed by atoms with Gasteiger partial charge in [0.25, 0.3) is 0 Å². The molecule has 7 nitrogen and oxygen atoms in total. The lowest BCUT2D eigenvalue weighted by Crippen LogP contribution is -2.70. The summed E-state index contributed by atoms with van der Waals surface area (Å²) < 4.78 is 15.4. The highest BCUT2D eigenvalue weighted by molar-refractivity contribution is 6.67. The van der Waals surface area contributed by atoms with Crippen molar-refractivity contribution >= 4 is 47.0 Å². The van der Waals surface area contributed by atoms with E-state index in [4.69, 9.17) is 49.0 Å². The van der Waals surface area contributed by atoms with Crippen LogP contribution >= 0.6 is 34.8 Å². The van der Waals surface area contributed by atoms with Gasteiger partial charge in [-0.05, 0) is 88.0 Å². The van der Waals surface area contributed by atoms with Crippen molar-refractivity contribution < 1.29 is 23.8 Å². The van der Waals surface area contributed by atoms with Gasteiger partial charge in [-0.1, -0.05) is 40.9 Å². The Kier molecular flexibility index (Phi) is 6.11. The van der Waals surface area contributed by atoms with Gasteiger partial charge in [0.1, 0.15) is 18.0 Å². The van der Waals surface area contributed by atoms with Crippen molar-refractivity contribution in [3.8, 4) is 5.75 Å². The molecular formula is C28H35Cl3N2O5. The van der Waals surface area contributed by atoms with Crippen LogP contribution < -0.4 is 4.74 Å². The third-order valence-electron chi connectivity index (χ3n) is 9.92. The monoisotopic (exact) mass is 584 g/mol. The molecule has 2 saturated heterocycles. The molecule has 2 saturated carbocycles. The second-order valence-electron chi connectivity index (χ2n) is 12.7. The van der Waals surface area contributed by atoms with Crippen molar-refractivity contribution in [3.63, 3.8) is 0 Å². The highest BCUT2D eigenvalue weighted by atomic mass is 35.6. The number of piperidine rings is 1. The molecule has 6 rings (SSSR count). The Morgan fingerprint density at radius 3 is 2.55 bits per heavy atom. The quantitative estimate of drug-likeness (QED) is 0.392. The van der Waals surface area contributed by atoms with Gasteiger partial charge in [0.05, 0.1) is 7.11 Å². The zero-order chi connectivity index (χ0) is 27.3.